The van der Waals surface area contributed by atoms with Crippen molar-refractivity contribution in [2.24, 2.45) is 11.0 Å². The van der Waals surface area contributed by atoms with Crippen molar-refractivity contribution < 1.29 is 9.53 Å². The van der Waals surface area contributed by atoms with Crippen molar-refractivity contribution in [3.8, 4) is 5.75 Å². The lowest BCUT2D eigenvalue weighted by molar-refractivity contribution is -0.131. The number of methoxy groups -OCH3 is 1. The van der Waals surface area contributed by atoms with Gasteiger partial charge in [0.1, 0.15) is 5.75 Å². The number of hydrogen-bond acceptors (Lipinski definition) is 3. The van der Waals surface area contributed by atoms with Crippen LogP contribution in [0.3, 0.4) is 0 Å². The van der Waals surface area contributed by atoms with Crippen molar-refractivity contribution in [2.75, 3.05) is 7.11 Å². The Bertz CT molecular complexity index is 814. The van der Waals surface area contributed by atoms with Gasteiger partial charge in [-0.3, -0.25) is 4.79 Å². The molecule has 1 amide bonds. The number of rotatable bonds is 2. The number of amides is 1. The van der Waals surface area contributed by atoms with Gasteiger partial charge in [0.15, 0.2) is 0 Å². The van der Waals surface area contributed by atoms with Gasteiger partial charge in [0.05, 0.1) is 18.9 Å². The highest BCUT2D eigenvalue weighted by molar-refractivity contribution is 6.06. The van der Waals surface area contributed by atoms with Gasteiger partial charge in [-0.25, -0.2) is 5.01 Å². The molecule has 2 aromatic carbocycles. The average molecular weight is 320 g/mol. The first-order valence-electron chi connectivity index (χ1n) is 8.29. The monoisotopic (exact) mass is 320 g/mol. The molecule has 4 nitrogen and oxygen atoms in total. The average Bonchev–Trinajstić information content (AvgIpc) is 3.02. The molecule has 4 rings (SSSR count). The van der Waals surface area contributed by atoms with Crippen molar-refractivity contribution in [1.29, 1.82) is 0 Å². The van der Waals surface area contributed by atoms with Crippen molar-refractivity contribution in [1.82, 2.24) is 5.01 Å². The summed E-state index contributed by atoms with van der Waals surface area (Å²) in [5.41, 5.74) is 4.58. The predicted octanol–water partition coefficient (Wildman–Crippen LogP) is 3.57. The molecule has 0 saturated heterocycles. The Morgan fingerprint density at radius 3 is 2.71 bits per heavy atom. The topological polar surface area (TPSA) is 41.9 Å². The van der Waals surface area contributed by atoms with Crippen LogP contribution in [0.4, 0.5) is 0 Å². The quantitative estimate of drug-likeness (QED) is 0.849. The summed E-state index contributed by atoms with van der Waals surface area (Å²) in [4.78, 5) is 12.2. The lowest BCUT2D eigenvalue weighted by Gasteiger charge is -2.29. The van der Waals surface area contributed by atoms with E-state index in [1.54, 1.807) is 19.0 Å². The largest absolute Gasteiger partial charge is 0.497 e. The molecule has 0 N–H and O–H groups in total. The van der Waals surface area contributed by atoms with E-state index in [2.05, 4.69) is 24.3 Å². The second-order valence-corrected chi connectivity index (χ2v) is 6.37. The minimum atomic E-state index is -0.0131. The van der Waals surface area contributed by atoms with Gasteiger partial charge in [-0.05, 0) is 42.2 Å². The minimum absolute atomic E-state index is 0.00560. The maximum Gasteiger partial charge on any atom is 0.240 e. The molecule has 24 heavy (non-hydrogen) atoms. The number of carbonyl (C=O) groups excluding carboxylic acids is 1. The fourth-order valence-corrected chi connectivity index (χ4v) is 3.88. The zero-order valence-electron chi connectivity index (χ0n) is 13.9. The Morgan fingerprint density at radius 1 is 1.21 bits per heavy atom. The third-order valence-electron chi connectivity index (χ3n) is 4.99. The third kappa shape index (κ3) is 2.30. The zero-order chi connectivity index (χ0) is 16.7. The minimum Gasteiger partial charge on any atom is -0.497 e. The smallest absolute Gasteiger partial charge is 0.240 e. The van der Waals surface area contributed by atoms with E-state index in [4.69, 9.17) is 9.84 Å². The maximum atomic E-state index is 12.2. The predicted molar refractivity (Wildman–Crippen MR) is 93.0 cm³/mol. The first kappa shape index (κ1) is 14.9. The molecule has 122 valence electrons. The van der Waals surface area contributed by atoms with Gasteiger partial charge in [0.25, 0.3) is 0 Å². The molecule has 0 saturated carbocycles. The maximum absolute atomic E-state index is 12.2. The highest BCUT2D eigenvalue weighted by Gasteiger charge is 2.42. The molecule has 0 radical (unpaired) electrons. The van der Waals surface area contributed by atoms with E-state index in [-0.39, 0.29) is 17.9 Å². The van der Waals surface area contributed by atoms with Gasteiger partial charge >= 0.3 is 0 Å². The second-order valence-electron chi connectivity index (χ2n) is 6.37. The van der Waals surface area contributed by atoms with Crippen LogP contribution in [0, 0.1) is 5.92 Å². The number of ether oxygens (including phenoxy) is 1. The molecule has 0 aromatic heterocycles. The summed E-state index contributed by atoms with van der Waals surface area (Å²) in [6, 6.07) is 16.3. The van der Waals surface area contributed by atoms with Crippen LogP contribution in [0.2, 0.25) is 0 Å². The van der Waals surface area contributed by atoms with Crippen LogP contribution >= 0.6 is 0 Å². The fourth-order valence-electron chi connectivity index (χ4n) is 3.88. The van der Waals surface area contributed by atoms with Crippen LogP contribution in [0.5, 0.6) is 5.75 Å². The van der Waals surface area contributed by atoms with Crippen LogP contribution in [0.25, 0.3) is 0 Å². The normalized spacial score (nSPS) is 21.8. The summed E-state index contributed by atoms with van der Waals surface area (Å²) in [6.07, 6.45) is 1.97. The molecule has 1 heterocycles. The van der Waals surface area contributed by atoms with E-state index in [1.807, 2.05) is 24.3 Å². The number of hydrazone groups is 1. The number of hydrogen-bond donors (Lipinski definition) is 0. The zero-order valence-corrected chi connectivity index (χ0v) is 13.9. The highest BCUT2D eigenvalue weighted by atomic mass is 16.5. The van der Waals surface area contributed by atoms with E-state index in [0.717, 1.165) is 35.4 Å². The van der Waals surface area contributed by atoms with Crippen LogP contribution in [-0.4, -0.2) is 23.7 Å². The van der Waals surface area contributed by atoms with Crippen LogP contribution in [-0.2, 0) is 11.2 Å². The molecular weight excluding hydrogens is 300 g/mol. The Kier molecular flexibility index (Phi) is 3.60. The van der Waals surface area contributed by atoms with Gasteiger partial charge in [-0.1, -0.05) is 30.3 Å². The third-order valence-corrected chi connectivity index (χ3v) is 4.99. The molecule has 1 aliphatic heterocycles. The van der Waals surface area contributed by atoms with Gasteiger partial charge in [-0.15, -0.1) is 0 Å². The van der Waals surface area contributed by atoms with E-state index >= 15 is 0 Å². The first-order valence-corrected chi connectivity index (χ1v) is 8.29. The van der Waals surface area contributed by atoms with Gasteiger partial charge in [0, 0.05) is 18.4 Å². The van der Waals surface area contributed by atoms with Gasteiger partial charge in [-0.2, -0.15) is 5.10 Å². The van der Waals surface area contributed by atoms with Crippen molar-refractivity contribution >= 4 is 11.6 Å². The molecule has 0 spiro atoms. The first-order chi connectivity index (χ1) is 11.7. The van der Waals surface area contributed by atoms with E-state index in [9.17, 15) is 4.79 Å². The molecule has 2 atom stereocenters. The van der Waals surface area contributed by atoms with Crippen molar-refractivity contribution in [3.63, 3.8) is 0 Å². The number of aryl methyl sites for hydroxylation is 1. The Morgan fingerprint density at radius 2 is 2.00 bits per heavy atom. The van der Waals surface area contributed by atoms with Crippen LogP contribution in [0.1, 0.15) is 36.1 Å². The van der Waals surface area contributed by atoms with E-state index < -0.39 is 0 Å². The number of fused-ring (bicyclic) bond motifs is 3. The standard InChI is InChI=1S/C20H20N2O2/c1-13(23)22-20(14-6-4-3-5-7-14)18-10-8-15-12-16(24-2)9-11-17(15)19(18)21-22/h3-7,9,11-12,18,20H,8,10H2,1-2H3/t18-,20-/m0/s1. The second kappa shape index (κ2) is 5.78. The lowest BCUT2D eigenvalue weighted by Crippen LogP contribution is -2.30. The van der Waals surface area contributed by atoms with Crippen LogP contribution in [0.15, 0.2) is 53.6 Å². The molecule has 1 aliphatic carbocycles. The molecule has 4 heteroatoms. The summed E-state index contributed by atoms with van der Waals surface area (Å²) >= 11 is 0. The summed E-state index contributed by atoms with van der Waals surface area (Å²) in [5, 5.41) is 6.39. The Labute approximate surface area is 141 Å². The Hall–Kier alpha value is -2.62. The Balaban J connectivity index is 1.79. The van der Waals surface area contributed by atoms with Crippen LogP contribution < -0.4 is 4.74 Å². The summed E-state index contributed by atoms with van der Waals surface area (Å²) in [6.45, 7) is 1.59. The van der Waals surface area contributed by atoms with E-state index in [1.165, 1.54) is 5.56 Å². The fraction of sp³-hybridized carbons (Fsp3) is 0.300. The lowest BCUT2D eigenvalue weighted by atomic mass is 9.77. The summed E-state index contributed by atoms with van der Waals surface area (Å²) in [5.74, 6) is 1.10. The number of benzene rings is 2. The van der Waals surface area contributed by atoms with Crippen molar-refractivity contribution in [3.05, 3.63) is 65.2 Å². The summed E-state index contributed by atoms with van der Waals surface area (Å²) < 4.78 is 5.34. The highest BCUT2D eigenvalue weighted by Crippen LogP contribution is 2.43. The molecule has 2 aliphatic rings. The SMILES string of the molecule is COc1ccc2c(c1)CC[C@H]1C2=NN(C(C)=O)[C@H]1c1ccccc1. The molecular formula is C20H20N2O2. The van der Waals surface area contributed by atoms with Gasteiger partial charge < -0.3 is 4.74 Å². The number of carbonyl (C=O) groups is 1. The summed E-state index contributed by atoms with van der Waals surface area (Å²) in [7, 11) is 1.68. The number of nitrogens with zero attached hydrogens (tertiary/aromatic N) is 2. The molecule has 2 aromatic rings. The molecule has 0 fully saturated rings. The molecule has 0 unspecified atom stereocenters. The molecule has 0 bridgehead atoms. The van der Waals surface area contributed by atoms with E-state index in [0.29, 0.717) is 0 Å². The van der Waals surface area contributed by atoms with Gasteiger partial charge in [0.2, 0.25) is 5.91 Å². The van der Waals surface area contributed by atoms with Crippen molar-refractivity contribution in [2.45, 2.75) is 25.8 Å².